The van der Waals surface area contributed by atoms with Crippen molar-refractivity contribution in [3.8, 4) is 0 Å². The second kappa shape index (κ2) is 4.98. The molecule has 5 nitrogen and oxygen atoms in total. The number of carbonyl (C=O) groups excluding carboxylic acids is 1. The van der Waals surface area contributed by atoms with Gasteiger partial charge in [0.1, 0.15) is 5.82 Å². The first kappa shape index (κ1) is 15.5. The largest absolute Gasteiger partial charge is 0.342 e. The Balaban J connectivity index is 1.53. The number of amides is 2. The van der Waals surface area contributed by atoms with Crippen molar-refractivity contribution in [2.45, 2.75) is 53.0 Å². The SMILES string of the molecule is Cc1nc2ccc(NC(=O)N3C[C@]4(C)C[C@H]3CC(C)(C)C4)cc2[nH]1. The number of benzene rings is 1. The predicted molar refractivity (Wildman–Crippen MR) is 96.1 cm³/mol. The van der Waals surface area contributed by atoms with Crippen molar-refractivity contribution in [3.63, 3.8) is 0 Å². The summed E-state index contributed by atoms with van der Waals surface area (Å²) in [6.45, 7) is 9.78. The van der Waals surface area contributed by atoms with E-state index in [9.17, 15) is 4.79 Å². The zero-order valence-corrected chi connectivity index (χ0v) is 14.9. The quantitative estimate of drug-likeness (QED) is 0.820. The van der Waals surface area contributed by atoms with E-state index < -0.39 is 0 Å². The van der Waals surface area contributed by atoms with Crippen LogP contribution in [0.4, 0.5) is 10.5 Å². The second-order valence-corrected chi connectivity index (χ2v) is 8.83. The summed E-state index contributed by atoms with van der Waals surface area (Å²) in [5.41, 5.74) is 3.28. The van der Waals surface area contributed by atoms with Crippen molar-refractivity contribution in [2.75, 3.05) is 11.9 Å². The Morgan fingerprint density at radius 2 is 2.12 bits per heavy atom. The molecule has 4 rings (SSSR count). The normalized spacial score (nSPS) is 28.3. The van der Waals surface area contributed by atoms with Gasteiger partial charge in [-0.25, -0.2) is 9.78 Å². The average Bonchev–Trinajstić information content (AvgIpc) is 2.93. The molecule has 5 heteroatoms. The Hall–Kier alpha value is -2.04. The molecule has 2 amide bonds. The van der Waals surface area contributed by atoms with E-state index >= 15 is 0 Å². The molecular weight excluding hydrogens is 300 g/mol. The van der Waals surface area contributed by atoms with Crippen molar-refractivity contribution in [2.24, 2.45) is 10.8 Å². The van der Waals surface area contributed by atoms with E-state index in [1.54, 1.807) is 0 Å². The maximum atomic E-state index is 12.8. The van der Waals surface area contributed by atoms with E-state index in [1.165, 1.54) is 6.42 Å². The number of urea groups is 1. The third kappa shape index (κ3) is 2.66. The minimum Gasteiger partial charge on any atom is -0.342 e. The molecule has 2 N–H and O–H groups in total. The Labute approximate surface area is 142 Å². The number of aromatic amines is 1. The minimum atomic E-state index is 0.0250. The van der Waals surface area contributed by atoms with Gasteiger partial charge < -0.3 is 15.2 Å². The van der Waals surface area contributed by atoms with Crippen LogP contribution >= 0.6 is 0 Å². The summed E-state index contributed by atoms with van der Waals surface area (Å²) in [6, 6.07) is 6.21. The molecule has 128 valence electrons. The van der Waals surface area contributed by atoms with Gasteiger partial charge in [0.25, 0.3) is 0 Å². The van der Waals surface area contributed by atoms with Gasteiger partial charge in [0.15, 0.2) is 0 Å². The molecule has 2 bridgehead atoms. The van der Waals surface area contributed by atoms with Crippen LogP contribution in [0.25, 0.3) is 11.0 Å². The zero-order valence-electron chi connectivity index (χ0n) is 14.9. The maximum absolute atomic E-state index is 12.8. The number of anilines is 1. The van der Waals surface area contributed by atoms with Crippen LogP contribution in [0.5, 0.6) is 0 Å². The predicted octanol–water partition coefficient (Wildman–Crippen LogP) is 4.30. The molecule has 1 aliphatic carbocycles. The summed E-state index contributed by atoms with van der Waals surface area (Å²) in [7, 11) is 0. The number of fused-ring (bicyclic) bond motifs is 3. The highest BCUT2D eigenvalue weighted by Crippen LogP contribution is 2.52. The lowest BCUT2D eigenvalue weighted by molar-refractivity contribution is 0.130. The number of carbonyl (C=O) groups is 1. The Bertz CT molecular complexity index is 809. The Kier molecular flexibility index (Phi) is 3.21. The standard InChI is InChI=1S/C19H26N4O/c1-12-20-15-6-5-13(7-16(15)21-12)22-17(24)23-11-19(4)9-14(23)8-18(2,3)10-19/h5-7,14H,8-11H2,1-4H3,(H,20,21)(H,22,24)/t14-,19-/m1/s1. The van der Waals surface area contributed by atoms with Crippen LogP contribution in [0, 0.1) is 17.8 Å². The highest BCUT2D eigenvalue weighted by atomic mass is 16.2. The number of imidazole rings is 1. The second-order valence-electron chi connectivity index (χ2n) is 8.83. The van der Waals surface area contributed by atoms with Crippen molar-refractivity contribution >= 4 is 22.8 Å². The van der Waals surface area contributed by atoms with Crippen molar-refractivity contribution in [3.05, 3.63) is 24.0 Å². The molecule has 1 aromatic heterocycles. The molecule has 1 aromatic carbocycles. The summed E-state index contributed by atoms with van der Waals surface area (Å²) >= 11 is 0. The molecule has 1 saturated heterocycles. The fourth-order valence-corrected chi connectivity index (χ4v) is 5.11. The van der Waals surface area contributed by atoms with E-state index in [4.69, 9.17) is 0 Å². The first-order valence-electron chi connectivity index (χ1n) is 8.77. The van der Waals surface area contributed by atoms with Gasteiger partial charge in [-0.15, -0.1) is 0 Å². The molecule has 2 aromatic rings. The average molecular weight is 326 g/mol. The van der Waals surface area contributed by atoms with Crippen LogP contribution in [-0.2, 0) is 0 Å². The van der Waals surface area contributed by atoms with Gasteiger partial charge in [-0.1, -0.05) is 20.8 Å². The Morgan fingerprint density at radius 3 is 2.92 bits per heavy atom. The lowest BCUT2D eigenvalue weighted by atomic mass is 9.65. The van der Waals surface area contributed by atoms with Crippen LogP contribution in [0.3, 0.4) is 0 Å². The molecule has 24 heavy (non-hydrogen) atoms. The molecule has 0 spiro atoms. The number of aryl methyl sites for hydroxylation is 1. The number of hydrogen-bond donors (Lipinski definition) is 2. The molecule has 2 heterocycles. The van der Waals surface area contributed by atoms with Gasteiger partial charge in [-0.3, -0.25) is 0 Å². The van der Waals surface area contributed by atoms with Crippen LogP contribution in [0.15, 0.2) is 18.2 Å². The first-order chi connectivity index (χ1) is 11.2. The first-order valence-corrected chi connectivity index (χ1v) is 8.77. The minimum absolute atomic E-state index is 0.0250. The molecule has 2 aliphatic rings. The number of rotatable bonds is 1. The molecular formula is C19H26N4O. The fraction of sp³-hybridized carbons (Fsp3) is 0.579. The smallest absolute Gasteiger partial charge is 0.322 e. The number of nitrogens with one attached hydrogen (secondary N) is 2. The van der Waals surface area contributed by atoms with Gasteiger partial charge in [0.2, 0.25) is 0 Å². The van der Waals surface area contributed by atoms with E-state index in [0.29, 0.717) is 11.5 Å². The van der Waals surface area contributed by atoms with Gasteiger partial charge in [-0.2, -0.15) is 0 Å². The molecule has 1 aliphatic heterocycles. The summed E-state index contributed by atoms with van der Waals surface area (Å²) < 4.78 is 0. The topological polar surface area (TPSA) is 61.0 Å². The van der Waals surface area contributed by atoms with Gasteiger partial charge in [-0.05, 0) is 55.2 Å². The van der Waals surface area contributed by atoms with Gasteiger partial charge in [0.05, 0.1) is 11.0 Å². The number of likely N-dealkylation sites (tertiary alicyclic amines) is 1. The van der Waals surface area contributed by atoms with E-state index in [1.807, 2.05) is 25.1 Å². The summed E-state index contributed by atoms with van der Waals surface area (Å²) in [6.07, 6.45) is 3.41. The highest BCUT2D eigenvalue weighted by Gasteiger charge is 2.50. The zero-order chi connectivity index (χ0) is 17.1. The summed E-state index contributed by atoms with van der Waals surface area (Å²) in [4.78, 5) is 22.5. The molecule has 0 radical (unpaired) electrons. The molecule has 2 fully saturated rings. The number of nitrogens with zero attached hydrogens (tertiary/aromatic N) is 2. The lowest BCUT2D eigenvalue weighted by Crippen LogP contribution is -2.40. The van der Waals surface area contributed by atoms with Crippen LogP contribution in [-0.4, -0.2) is 33.5 Å². The third-order valence-corrected chi connectivity index (χ3v) is 5.53. The van der Waals surface area contributed by atoms with Crippen molar-refractivity contribution in [1.82, 2.24) is 14.9 Å². The Morgan fingerprint density at radius 1 is 1.33 bits per heavy atom. The molecule has 2 atom stereocenters. The summed E-state index contributed by atoms with van der Waals surface area (Å²) in [5, 5.41) is 3.08. The monoisotopic (exact) mass is 326 g/mol. The summed E-state index contributed by atoms with van der Waals surface area (Å²) in [5.74, 6) is 0.886. The van der Waals surface area contributed by atoms with E-state index in [-0.39, 0.29) is 11.4 Å². The van der Waals surface area contributed by atoms with Crippen LogP contribution in [0.2, 0.25) is 0 Å². The van der Waals surface area contributed by atoms with Crippen molar-refractivity contribution in [1.29, 1.82) is 0 Å². The lowest BCUT2D eigenvalue weighted by Gasteiger charge is -2.39. The van der Waals surface area contributed by atoms with Crippen LogP contribution in [0.1, 0.15) is 45.9 Å². The van der Waals surface area contributed by atoms with Crippen LogP contribution < -0.4 is 5.32 Å². The number of aromatic nitrogens is 2. The number of H-pyrrole nitrogens is 1. The highest BCUT2D eigenvalue weighted by molar-refractivity contribution is 5.92. The fourth-order valence-electron chi connectivity index (χ4n) is 5.11. The third-order valence-electron chi connectivity index (χ3n) is 5.53. The van der Waals surface area contributed by atoms with E-state index in [2.05, 4.69) is 41.0 Å². The maximum Gasteiger partial charge on any atom is 0.322 e. The van der Waals surface area contributed by atoms with Gasteiger partial charge in [0, 0.05) is 18.3 Å². The molecule has 1 saturated carbocycles. The molecule has 0 unspecified atom stereocenters. The number of hydrogen-bond acceptors (Lipinski definition) is 2. The van der Waals surface area contributed by atoms with Gasteiger partial charge >= 0.3 is 6.03 Å². The van der Waals surface area contributed by atoms with Crippen molar-refractivity contribution < 1.29 is 4.79 Å². The van der Waals surface area contributed by atoms with E-state index in [0.717, 1.165) is 41.9 Å².